The first-order valence-electron chi connectivity index (χ1n) is 8.54. The van der Waals surface area contributed by atoms with Crippen LogP contribution in [0, 0.1) is 5.92 Å². The van der Waals surface area contributed by atoms with E-state index in [-0.39, 0.29) is 29.9 Å². The Labute approximate surface area is 157 Å². The number of piperidine rings is 1. The van der Waals surface area contributed by atoms with Crippen molar-refractivity contribution in [2.45, 2.75) is 32.6 Å². The molecule has 0 radical (unpaired) electrons. The predicted octanol–water partition coefficient (Wildman–Crippen LogP) is 1.08. The molecule has 2 aliphatic heterocycles. The summed E-state index contributed by atoms with van der Waals surface area (Å²) in [7, 11) is -2.80. The summed E-state index contributed by atoms with van der Waals surface area (Å²) >= 11 is 0. The molecule has 2 rings (SSSR count). The van der Waals surface area contributed by atoms with Gasteiger partial charge in [-0.3, -0.25) is 4.99 Å². The Kier molecular flexibility index (Phi) is 9.76. The molecule has 6 nitrogen and oxygen atoms in total. The van der Waals surface area contributed by atoms with Crippen LogP contribution in [0.5, 0.6) is 0 Å². The second kappa shape index (κ2) is 10.7. The van der Waals surface area contributed by atoms with E-state index in [1.807, 2.05) is 6.92 Å². The van der Waals surface area contributed by atoms with Crippen LogP contribution in [-0.2, 0) is 9.84 Å². The quantitative estimate of drug-likeness (QED) is 0.354. The molecular formula is C15H31IN4O2S. The first-order chi connectivity index (χ1) is 10.6. The van der Waals surface area contributed by atoms with Crippen molar-refractivity contribution in [3.8, 4) is 0 Å². The number of aliphatic imine (C=N–C) groups is 1. The Hall–Kier alpha value is -0.0900. The summed E-state index contributed by atoms with van der Waals surface area (Å²) in [6.07, 6.45) is 4.73. The summed E-state index contributed by atoms with van der Waals surface area (Å²) in [4.78, 5) is 7.04. The van der Waals surface area contributed by atoms with E-state index in [0.717, 1.165) is 32.0 Å². The molecule has 0 aromatic rings. The second-order valence-corrected chi connectivity index (χ2v) is 8.55. The van der Waals surface area contributed by atoms with Gasteiger partial charge in [-0.25, -0.2) is 8.42 Å². The maximum atomic E-state index is 11.5. The second-order valence-electron chi connectivity index (χ2n) is 6.32. The summed E-state index contributed by atoms with van der Waals surface area (Å²) < 4.78 is 22.9. The maximum absolute atomic E-state index is 11.5. The van der Waals surface area contributed by atoms with E-state index in [4.69, 9.17) is 0 Å². The molecule has 8 heteroatoms. The summed E-state index contributed by atoms with van der Waals surface area (Å²) in [5, 5.41) is 6.60. The summed E-state index contributed by atoms with van der Waals surface area (Å²) in [5.41, 5.74) is 0. The van der Waals surface area contributed by atoms with Gasteiger partial charge in [0.25, 0.3) is 0 Å². The lowest BCUT2D eigenvalue weighted by molar-refractivity contribution is 0.232. The van der Waals surface area contributed by atoms with Crippen molar-refractivity contribution in [1.29, 1.82) is 0 Å². The third-order valence-corrected chi connectivity index (χ3v) is 6.18. The third kappa shape index (κ3) is 8.02. The zero-order chi connectivity index (χ0) is 15.8. The molecule has 2 fully saturated rings. The molecule has 2 heterocycles. The SMILES string of the molecule is CCNC(=NCC1CCS(=O)(=O)C1)NCCN1CCCCC1.I. The molecule has 2 saturated heterocycles. The molecule has 0 aliphatic carbocycles. The Morgan fingerprint density at radius 2 is 1.96 bits per heavy atom. The minimum absolute atomic E-state index is 0. The summed E-state index contributed by atoms with van der Waals surface area (Å²) in [6, 6.07) is 0. The van der Waals surface area contributed by atoms with Crippen LogP contribution in [0.25, 0.3) is 0 Å². The van der Waals surface area contributed by atoms with Crippen LogP contribution in [0.1, 0.15) is 32.6 Å². The number of guanidine groups is 1. The Bertz CT molecular complexity index is 464. The number of hydrogen-bond acceptors (Lipinski definition) is 4. The maximum Gasteiger partial charge on any atom is 0.191 e. The van der Waals surface area contributed by atoms with Crippen LogP contribution >= 0.6 is 24.0 Å². The van der Waals surface area contributed by atoms with Gasteiger partial charge in [0.15, 0.2) is 15.8 Å². The molecule has 23 heavy (non-hydrogen) atoms. The highest BCUT2D eigenvalue weighted by Crippen LogP contribution is 2.18. The average Bonchev–Trinajstić information content (AvgIpc) is 2.85. The van der Waals surface area contributed by atoms with Gasteiger partial charge in [-0.2, -0.15) is 0 Å². The van der Waals surface area contributed by atoms with Gasteiger partial charge in [0.1, 0.15) is 0 Å². The lowest BCUT2D eigenvalue weighted by Crippen LogP contribution is -2.42. The molecule has 1 atom stereocenters. The van der Waals surface area contributed by atoms with Gasteiger partial charge in [-0.1, -0.05) is 6.42 Å². The zero-order valence-corrected chi connectivity index (χ0v) is 17.2. The lowest BCUT2D eigenvalue weighted by atomic mass is 10.1. The largest absolute Gasteiger partial charge is 0.357 e. The normalized spacial score (nSPS) is 24.9. The number of nitrogens with zero attached hydrogens (tertiary/aromatic N) is 2. The van der Waals surface area contributed by atoms with Gasteiger partial charge in [-0.05, 0) is 45.2 Å². The average molecular weight is 458 g/mol. The minimum Gasteiger partial charge on any atom is -0.357 e. The highest BCUT2D eigenvalue weighted by Gasteiger charge is 2.27. The van der Waals surface area contributed by atoms with Crippen LogP contribution in [0.2, 0.25) is 0 Å². The van der Waals surface area contributed by atoms with Gasteiger partial charge in [0, 0.05) is 26.2 Å². The topological polar surface area (TPSA) is 73.8 Å². The third-order valence-electron chi connectivity index (χ3n) is 4.35. The van der Waals surface area contributed by atoms with E-state index < -0.39 is 9.84 Å². The van der Waals surface area contributed by atoms with Crippen LogP contribution in [0.15, 0.2) is 4.99 Å². The molecule has 0 bridgehead atoms. The number of sulfone groups is 1. The Morgan fingerprint density at radius 3 is 2.57 bits per heavy atom. The van der Waals surface area contributed by atoms with E-state index in [0.29, 0.717) is 18.1 Å². The van der Waals surface area contributed by atoms with Crippen LogP contribution in [0.3, 0.4) is 0 Å². The fourth-order valence-corrected chi connectivity index (χ4v) is 4.94. The van der Waals surface area contributed by atoms with Gasteiger partial charge >= 0.3 is 0 Å². The molecule has 2 aliphatic rings. The van der Waals surface area contributed by atoms with Crippen LogP contribution < -0.4 is 10.6 Å². The monoisotopic (exact) mass is 458 g/mol. The number of likely N-dealkylation sites (tertiary alicyclic amines) is 1. The number of nitrogens with one attached hydrogen (secondary N) is 2. The van der Waals surface area contributed by atoms with Crippen LogP contribution in [0.4, 0.5) is 0 Å². The van der Waals surface area contributed by atoms with Crippen LogP contribution in [-0.4, -0.2) is 70.1 Å². The molecule has 0 spiro atoms. The zero-order valence-electron chi connectivity index (χ0n) is 14.1. The minimum atomic E-state index is -2.80. The van der Waals surface area contributed by atoms with Crippen molar-refractivity contribution in [2.24, 2.45) is 10.9 Å². The van der Waals surface area contributed by atoms with Crippen molar-refractivity contribution in [2.75, 3.05) is 50.8 Å². The van der Waals surface area contributed by atoms with E-state index in [1.54, 1.807) is 0 Å². The van der Waals surface area contributed by atoms with E-state index in [2.05, 4.69) is 20.5 Å². The molecule has 2 N–H and O–H groups in total. The van der Waals surface area contributed by atoms with Gasteiger partial charge < -0.3 is 15.5 Å². The van der Waals surface area contributed by atoms with Crippen molar-refractivity contribution < 1.29 is 8.42 Å². The van der Waals surface area contributed by atoms with E-state index >= 15 is 0 Å². The molecule has 0 saturated carbocycles. The first-order valence-corrected chi connectivity index (χ1v) is 10.4. The Morgan fingerprint density at radius 1 is 1.22 bits per heavy atom. The summed E-state index contributed by atoms with van der Waals surface area (Å²) in [5.74, 6) is 1.61. The fraction of sp³-hybridized carbons (Fsp3) is 0.933. The highest BCUT2D eigenvalue weighted by atomic mass is 127. The molecular weight excluding hydrogens is 427 g/mol. The van der Waals surface area contributed by atoms with E-state index in [1.165, 1.54) is 32.4 Å². The van der Waals surface area contributed by atoms with E-state index in [9.17, 15) is 8.42 Å². The fourth-order valence-electron chi connectivity index (χ4n) is 3.09. The predicted molar refractivity (Wildman–Crippen MR) is 106 cm³/mol. The van der Waals surface area contributed by atoms with Gasteiger partial charge in [-0.15, -0.1) is 24.0 Å². The number of hydrogen-bond donors (Lipinski definition) is 2. The van der Waals surface area contributed by atoms with Crippen molar-refractivity contribution >= 4 is 39.8 Å². The molecule has 136 valence electrons. The number of halogens is 1. The summed E-state index contributed by atoms with van der Waals surface area (Å²) in [6.45, 7) is 7.79. The lowest BCUT2D eigenvalue weighted by Gasteiger charge is -2.26. The van der Waals surface area contributed by atoms with Crippen molar-refractivity contribution in [3.63, 3.8) is 0 Å². The molecule has 0 aromatic carbocycles. The number of rotatable bonds is 6. The smallest absolute Gasteiger partial charge is 0.191 e. The van der Waals surface area contributed by atoms with Gasteiger partial charge in [0.05, 0.1) is 11.5 Å². The first kappa shape index (κ1) is 21.0. The molecule has 1 unspecified atom stereocenters. The van der Waals surface area contributed by atoms with Crippen molar-refractivity contribution in [1.82, 2.24) is 15.5 Å². The molecule has 0 amide bonds. The van der Waals surface area contributed by atoms with Crippen molar-refractivity contribution in [3.05, 3.63) is 0 Å². The Balaban J connectivity index is 0.00000264. The molecule has 0 aromatic heterocycles. The standard InChI is InChI=1S/C15H30N4O2S.HI/c1-2-16-15(17-7-10-19-8-4-3-5-9-19)18-12-14-6-11-22(20,21)13-14;/h14H,2-13H2,1H3,(H2,16,17,18);1H. The van der Waals surface area contributed by atoms with Gasteiger partial charge in [0.2, 0.25) is 0 Å². The highest BCUT2D eigenvalue weighted by molar-refractivity contribution is 14.0.